The van der Waals surface area contributed by atoms with Gasteiger partial charge in [-0.1, -0.05) is 11.6 Å². The molecule has 0 aliphatic carbocycles. The minimum Gasteiger partial charge on any atom is -0.493 e. The maximum atomic E-state index is 6.28. The van der Waals surface area contributed by atoms with Crippen molar-refractivity contribution < 1.29 is 9.47 Å². The third kappa shape index (κ3) is 4.32. The standard InChI is InChI=1S/C18H23ClN4O2/c1-24-16-10-13(9-15(19)18(16)25-2)11-20-14-5-4-8-23(12-14)17-6-3-7-21-22-17/h3,6-7,9-10,14,20H,4-5,8,11-12H2,1-2H3/t14-/m1/s1. The Kier molecular flexibility index (Phi) is 5.94. The summed E-state index contributed by atoms with van der Waals surface area (Å²) in [6.45, 7) is 2.65. The zero-order chi connectivity index (χ0) is 17.6. The summed E-state index contributed by atoms with van der Waals surface area (Å²) in [7, 11) is 3.20. The van der Waals surface area contributed by atoms with Crippen LogP contribution in [-0.2, 0) is 6.54 Å². The minimum absolute atomic E-state index is 0.391. The molecule has 1 fully saturated rings. The van der Waals surface area contributed by atoms with E-state index >= 15 is 0 Å². The Hall–Kier alpha value is -2.05. The molecule has 0 amide bonds. The molecule has 7 heteroatoms. The second-order valence-corrected chi connectivity index (χ2v) is 6.47. The zero-order valence-corrected chi connectivity index (χ0v) is 15.3. The van der Waals surface area contributed by atoms with Crippen LogP contribution in [0, 0.1) is 0 Å². The molecule has 1 aromatic heterocycles. The summed E-state index contributed by atoms with van der Waals surface area (Å²) in [6, 6.07) is 8.19. The Labute approximate surface area is 153 Å². The Morgan fingerprint density at radius 2 is 2.20 bits per heavy atom. The van der Waals surface area contributed by atoms with Crippen molar-refractivity contribution in [2.75, 3.05) is 32.2 Å². The van der Waals surface area contributed by atoms with E-state index in [0.717, 1.165) is 43.9 Å². The lowest BCUT2D eigenvalue weighted by Gasteiger charge is -2.33. The third-order valence-corrected chi connectivity index (χ3v) is 4.67. The van der Waals surface area contributed by atoms with Crippen LogP contribution < -0.4 is 19.7 Å². The average molecular weight is 363 g/mol. The van der Waals surface area contributed by atoms with Gasteiger partial charge in [0.05, 0.1) is 19.2 Å². The first-order valence-corrected chi connectivity index (χ1v) is 8.75. The number of anilines is 1. The average Bonchev–Trinajstić information content (AvgIpc) is 2.66. The molecule has 0 bridgehead atoms. The van der Waals surface area contributed by atoms with E-state index in [0.29, 0.717) is 22.6 Å². The predicted molar refractivity (Wildman–Crippen MR) is 98.7 cm³/mol. The van der Waals surface area contributed by atoms with Crippen LogP contribution in [0.5, 0.6) is 11.5 Å². The first kappa shape index (κ1) is 17.8. The van der Waals surface area contributed by atoms with Gasteiger partial charge in [-0.2, -0.15) is 5.10 Å². The molecule has 1 saturated heterocycles. The van der Waals surface area contributed by atoms with Crippen LogP contribution in [0.1, 0.15) is 18.4 Å². The van der Waals surface area contributed by atoms with Crippen molar-refractivity contribution >= 4 is 17.4 Å². The van der Waals surface area contributed by atoms with E-state index in [1.807, 2.05) is 24.3 Å². The van der Waals surface area contributed by atoms with Gasteiger partial charge in [-0.05, 0) is 42.7 Å². The molecule has 0 spiro atoms. The van der Waals surface area contributed by atoms with Gasteiger partial charge in [0, 0.05) is 31.9 Å². The Bertz CT molecular complexity index is 699. The number of benzene rings is 1. The first-order chi connectivity index (χ1) is 12.2. The van der Waals surface area contributed by atoms with E-state index in [-0.39, 0.29) is 0 Å². The van der Waals surface area contributed by atoms with Crippen LogP contribution in [0.15, 0.2) is 30.5 Å². The lowest BCUT2D eigenvalue weighted by atomic mass is 10.1. The second kappa shape index (κ2) is 8.36. The van der Waals surface area contributed by atoms with Crippen LogP contribution in [-0.4, -0.2) is 43.5 Å². The maximum absolute atomic E-state index is 6.28. The van der Waals surface area contributed by atoms with Gasteiger partial charge in [0.25, 0.3) is 0 Å². The van der Waals surface area contributed by atoms with Gasteiger partial charge in [-0.25, -0.2) is 0 Å². The molecule has 1 atom stereocenters. The number of ether oxygens (including phenoxy) is 2. The quantitative estimate of drug-likeness (QED) is 0.852. The summed E-state index contributed by atoms with van der Waals surface area (Å²) in [6.07, 6.45) is 3.96. The molecule has 1 aliphatic heterocycles. The summed E-state index contributed by atoms with van der Waals surface area (Å²) in [5, 5.41) is 12.3. The normalized spacial score (nSPS) is 17.4. The lowest BCUT2D eigenvalue weighted by molar-refractivity contribution is 0.354. The summed E-state index contributed by atoms with van der Waals surface area (Å²) in [5.41, 5.74) is 1.07. The van der Waals surface area contributed by atoms with Crippen molar-refractivity contribution in [2.45, 2.75) is 25.4 Å². The smallest absolute Gasteiger partial charge is 0.179 e. The molecule has 2 heterocycles. The molecule has 0 unspecified atom stereocenters. The maximum Gasteiger partial charge on any atom is 0.179 e. The van der Waals surface area contributed by atoms with Gasteiger partial charge in [0.2, 0.25) is 0 Å². The van der Waals surface area contributed by atoms with Crippen LogP contribution in [0.25, 0.3) is 0 Å². The van der Waals surface area contributed by atoms with E-state index in [1.165, 1.54) is 0 Å². The number of halogens is 1. The lowest BCUT2D eigenvalue weighted by Crippen LogP contribution is -2.45. The predicted octanol–water partition coefficient (Wildman–Crippen LogP) is 2.91. The first-order valence-electron chi connectivity index (χ1n) is 8.37. The molecular formula is C18H23ClN4O2. The molecule has 134 valence electrons. The van der Waals surface area contributed by atoms with Crippen molar-refractivity contribution in [1.29, 1.82) is 0 Å². The molecule has 2 aromatic rings. The third-order valence-electron chi connectivity index (χ3n) is 4.39. The van der Waals surface area contributed by atoms with Crippen LogP contribution in [0.2, 0.25) is 5.02 Å². The number of aromatic nitrogens is 2. The molecule has 1 aliphatic rings. The van der Waals surface area contributed by atoms with Crippen molar-refractivity contribution in [3.05, 3.63) is 41.0 Å². The van der Waals surface area contributed by atoms with Crippen LogP contribution in [0.4, 0.5) is 5.82 Å². The highest BCUT2D eigenvalue weighted by atomic mass is 35.5. The SMILES string of the molecule is COc1cc(CN[C@@H]2CCCN(c3cccnn3)C2)cc(Cl)c1OC. The summed E-state index contributed by atoms with van der Waals surface area (Å²) >= 11 is 6.28. The molecular weight excluding hydrogens is 340 g/mol. The molecule has 1 N–H and O–H groups in total. The fourth-order valence-corrected chi connectivity index (χ4v) is 3.46. The van der Waals surface area contributed by atoms with Crippen molar-refractivity contribution in [1.82, 2.24) is 15.5 Å². The highest BCUT2D eigenvalue weighted by Crippen LogP contribution is 2.36. The fourth-order valence-electron chi connectivity index (χ4n) is 3.15. The van der Waals surface area contributed by atoms with Gasteiger partial charge in [0.15, 0.2) is 17.3 Å². The van der Waals surface area contributed by atoms with Gasteiger partial charge in [-0.3, -0.25) is 0 Å². The summed E-state index contributed by atoms with van der Waals surface area (Å²) in [5.74, 6) is 2.15. The van der Waals surface area contributed by atoms with Gasteiger partial charge < -0.3 is 19.7 Å². The van der Waals surface area contributed by atoms with Gasteiger partial charge in [-0.15, -0.1) is 5.10 Å². The Morgan fingerprint density at radius 1 is 1.32 bits per heavy atom. The van der Waals surface area contributed by atoms with Crippen molar-refractivity contribution in [3.63, 3.8) is 0 Å². The van der Waals surface area contributed by atoms with E-state index < -0.39 is 0 Å². The molecule has 3 rings (SSSR count). The van der Waals surface area contributed by atoms with Gasteiger partial charge in [0.1, 0.15) is 0 Å². The largest absolute Gasteiger partial charge is 0.493 e. The number of nitrogens with one attached hydrogen (secondary N) is 1. The molecule has 1 aromatic carbocycles. The monoisotopic (exact) mass is 362 g/mol. The zero-order valence-electron chi connectivity index (χ0n) is 14.5. The molecule has 0 radical (unpaired) electrons. The topological polar surface area (TPSA) is 59.5 Å². The number of methoxy groups -OCH3 is 2. The van der Waals surface area contributed by atoms with E-state index in [1.54, 1.807) is 20.4 Å². The van der Waals surface area contributed by atoms with Crippen molar-refractivity contribution in [2.24, 2.45) is 0 Å². The van der Waals surface area contributed by atoms with Crippen LogP contribution in [0.3, 0.4) is 0 Å². The van der Waals surface area contributed by atoms with E-state index in [4.69, 9.17) is 21.1 Å². The molecule has 25 heavy (non-hydrogen) atoms. The van der Waals surface area contributed by atoms with Gasteiger partial charge >= 0.3 is 0 Å². The summed E-state index contributed by atoms with van der Waals surface area (Å²) in [4.78, 5) is 2.27. The summed E-state index contributed by atoms with van der Waals surface area (Å²) < 4.78 is 10.6. The highest BCUT2D eigenvalue weighted by molar-refractivity contribution is 6.32. The molecule has 6 nitrogen and oxygen atoms in total. The number of nitrogens with zero attached hydrogens (tertiary/aromatic N) is 3. The fraction of sp³-hybridized carbons (Fsp3) is 0.444. The Morgan fingerprint density at radius 3 is 2.92 bits per heavy atom. The van der Waals surface area contributed by atoms with E-state index in [2.05, 4.69) is 20.4 Å². The van der Waals surface area contributed by atoms with Crippen molar-refractivity contribution in [3.8, 4) is 11.5 Å². The number of hydrogen-bond donors (Lipinski definition) is 1. The Balaban J connectivity index is 1.62. The number of rotatable bonds is 6. The number of hydrogen-bond acceptors (Lipinski definition) is 6. The highest BCUT2D eigenvalue weighted by Gasteiger charge is 2.21. The van der Waals surface area contributed by atoms with E-state index in [9.17, 15) is 0 Å². The number of piperidine rings is 1. The molecule has 0 saturated carbocycles. The minimum atomic E-state index is 0.391. The van der Waals surface area contributed by atoms with Crippen LogP contribution >= 0.6 is 11.6 Å². The second-order valence-electron chi connectivity index (χ2n) is 6.06.